The zero-order valence-corrected chi connectivity index (χ0v) is 21.1. The summed E-state index contributed by atoms with van der Waals surface area (Å²) in [6.07, 6.45) is 34.8. The average molecular weight is 441 g/mol. The van der Waals surface area contributed by atoms with Crippen LogP contribution in [0.15, 0.2) is 0 Å². The summed E-state index contributed by atoms with van der Waals surface area (Å²) < 4.78 is 0. The van der Waals surface area contributed by atoms with E-state index in [0.29, 0.717) is 6.42 Å². The minimum Gasteiger partial charge on any atom is -0.301 e. The van der Waals surface area contributed by atoms with Crippen LogP contribution in [0.25, 0.3) is 0 Å². The highest BCUT2D eigenvalue weighted by molar-refractivity contribution is 5.68. The Morgan fingerprint density at radius 2 is 0.677 bits per heavy atom. The summed E-state index contributed by atoms with van der Waals surface area (Å²) in [7, 11) is 0. The number of hydrogen-bond donors (Lipinski definition) is 1. The van der Waals surface area contributed by atoms with Crippen LogP contribution in [-0.2, 0) is 9.68 Å². The monoisotopic (exact) mass is 440 g/mol. The minimum atomic E-state index is -0.505. The fourth-order valence-corrected chi connectivity index (χ4v) is 4.45. The third kappa shape index (κ3) is 27.4. The Balaban J connectivity index is 3.01. The molecule has 0 aliphatic carbocycles. The second-order valence-electron chi connectivity index (χ2n) is 9.70. The maximum Gasteiger partial charge on any atom is 0.342 e. The van der Waals surface area contributed by atoms with E-state index in [1.165, 1.54) is 148 Å². The lowest BCUT2D eigenvalue weighted by Crippen LogP contribution is -1.99. The summed E-state index contributed by atoms with van der Waals surface area (Å²) in [5.74, 6) is -0.505. The molecule has 0 saturated heterocycles. The summed E-state index contributed by atoms with van der Waals surface area (Å²) >= 11 is 0. The zero-order valence-electron chi connectivity index (χ0n) is 21.1. The molecular weight excluding hydrogens is 384 g/mol. The van der Waals surface area contributed by atoms with Gasteiger partial charge in [-0.25, -0.2) is 4.79 Å². The summed E-state index contributed by atoms with van der Waals surface area (Å²) in [6, 6.07) is 0. The van der Waals surface area contributed by atoms with Gasteiger partial charge in [-0.15, -0.1) is 0 Å². The van der Waals surface area contributed by atoms with E-state index in [9.17, 15) is 4.79 Å². The fourth-order valence-electron chi connectivity index (χ4n) is 4.45. The van der Waals surface area contributed by atoms with Gasteiger partial charge < -0.3 is 4.89 Å². The lowest BCUT2D eigenvalue weighted by Gasteiger charge is -2.04. The van der Waals surface area contributed by atoms with E-state index in [0.717, 1.165) is 12.8 Å². The van der Waals surface area contributed by atoms with Crippen molar-refractivity contribution >= 4 is 5.97 Å². The number of carbonyl (C=O) groups excluding carboxylic acids is 1. The van der Waals surface area contributed by atoms with E-state index in [2.05, 4.69) is 11.8 Å². The molecule has 0 rings (SSSR count). The minimum absolute atomic E-state index is 0.343. The molecule has 1 N–H and O–H groups in total. The summed E-state index contributed by atoms with van der Waals surface area (Å²) in [5.41, 5.74) is 0. The maximum atomic E-state index is 10.8. The largest absolute Gasteiger partial charge is 0.342 e. The Bertz CT molecular complexity index is 343. The molecule has 0 aromatic heterocycles. The Kier molecular flexibility index (Phi) is 27.0. The van der Waals surface area contributed by atoms with Crippen molar-refractivity contribution < 1.29 is 14.9 Å². The predicted octanol–water partition coefficient (Wildman–Crippen LogP) is 10.2. The molecule has 0 aromatic carbocycles. The van der Waals surface area contributed by atoms with Crippen molar-refractivity contribution in [3.8, 4) is 0 Å². The van der Waals surface area contributed by atoms with Gasteiger partial charge in [-0.2, -0.15) is 5.26 Å². The number of unbranched alkanes of at least 4 members (excludes halogenated alkanes) is 24. The third-order valence-electron chi connectivity index (χ3n) is 6.59. The molecule has 0 atom stereocenters. The van der Waals surface area contributed by atoms with Gasteiger partial charge in [0.1, 0.15) is 0 Å². The molecule has 0 aliphatic rings. The first-order chi connectivity index (χ1) is 15.3. The van der Waals surface area contributed by atoms with Crippen molar-refractivity contribution in [2.75, 3.05) is 0 Å². The van der Waals surface area contributed by atoms with E-state index in [4.69, 9.17) is 5.26 Å². The van der Waals surface area contributed by atoms with Crippen molar-refractivity contribution in [2.45, 2.75) is 174 Å². The van der Waals surface area contributed by atoms with Gasteiger partial charge in [-0.05, 0) is 6.42 Å². The first-order valence-electron chi connectivity index (χ1n) is 14.2. The molecule has 0 spiro atoms. The Morgan fingerprint density at radius 3 is 0.903 bits per heavy atom. The van der Waals surface area contributed by atoms with Crippen LogP contribution in [0.2, 0.25) is 0 Å². The van der Waals surface area contributed by atoms with Crippen LogP contribution in [0, 0.1) is 0 Å². The maximum absolute atomic E-state index is 10.8. The highest BCUT2D eigenvalue weighted by Gasteiger charge is 2.01. The normalized spacial score (nSPS) is 11.2. The van der Waals surface area contributed by atoms with Crippen LogP contribution in [0.3, 0.4) is 0 Å². The Morgan fingerprint density at radius 1 is 0.452 bits per heavy atom. The van der Waals surface area contributed by atoms with Gasteiger partial charge in [0, 0.05) is 6.42 Å². The van der Waals surface area contributed by atoms with Gasteiger partial charge in [0.15, 0.2) is 0 Å². The van der Waals surface area contributed by atoms with Crippen molar-refractivity contribution in [1.82, 2.24) is 0 Å². The molecule has 186 valence electrons. The number of carbonyl (C=O) groups is 1. The van der Waals surface area contributed by atoms with E-state index < -0.39 is 5.97 Å². The summed E-state index contributed by atoms with van der Waals surface area (Å²) in [6.45, 7) is 2.29. The topological polar surface area (TPSA) is 46.5 Å². The van der Waals surface area contributed by atoms with Gasteiger partial charge in [0.2, 0.25) is 0 Å². The second kappa shape index (κ2) is 27.5. The average Bonchev–Trinajstić information content (AvgIpc) is 2.78. The Labute approximate surface area is 195 Å². The van der Waals surface area contributed by atoms with E-state index in [1.54, 1.807) is 0 Å². The molecular formula is C28H56O3. The van der Waals surface area contributed by atoms with Crippen molar-refractivity contribution in [3.63, 3.8) is 0 Å². The summed E-state index contributed by atoms with van der Waals surface area (Å²) in [5, 5.41) is 8.17. The van der Waals surface area contributed by atoms with Gasteiger partial charge in [-0.3, -0.25) is 0 Å². The Hall–Kier alpha value is -0.570. The molecule has 0 heterocycles. The van der Waals surface area contributed by atoms with Crippen LogP contribution in [-0.4, -0.2) is 11.2 Å². The smallest absolute Gasteiger partial charge is 0.301 e. The van der Waals surface area contributed by atoms with Gasteiger partial charge in [0.25, 0.3) is 0 Å². The van der Waals surface area contributed by atoms with Crippen LogP contribution < -0.4 is 0 Å². The van der Waals surface area contributed by atoms with Crippen LogP contribution in [0.1, 0.15) is 174 Å². The molecule has 0 aromatic rings. The van der Waals surface area contributed by atoms with E-state index in [1.807, 2.05) is 0 Å². The quantitative estimate of drug-likeness (QED) is 0.0826. The molecule has 0 saturated carbocycles. The molecule has 0 radical (unpaired) electrons. The van der Waals surface area contributed by atoms with Crippen LogP contribution >= 0.6 is 0 Å². The molecule has 31 heavy (non-hydrogen) atoms. The van der Waals surface area contributed by atoms with Crippen molar-refractivity contribution in [2.24, 2.45) is 0 Å². The molecule has 3 nitrogen and oxygen atoms in total. The first-order valence-corrected chi connectivity index (χ1v) is 14.2. The SMILES string of the molecule is CCCCCCCCCCCCCCCCCCCCCCCCCCCC(=O)OO. The van der Waals surface area contributed by atoms with Gasteiger partial charge >= 0.3 is 5.97 Å². The zero-order chi connectivity index (χ0) is 22.7. The van der Waals surface area contributed by atoms with Crippen LogP contribution in [0.4, 0.5) is 0 Å². The first kappa shape index (κ1) is 30.4. The molecule has 0 unspecified atom stereocenters. The summed E-state index contributed by atoms with van der Waals surface area (Å²) in [4.78, 5) is 14.4. The lowest BCUT2D eigenvalue weighted by atomic mass is 10.0. The molecule has 0 aliphatic heterocycles. The lowest BCUT2D eigenvalue weighted by molar-refractivity contribution is -0.234. The van der Waals surface area contributed by atoms with E-state index >= 15 is 0 Å². The highest BCUT2D eigenvalue weighted by Crippen LogP contribution is 2.15. The fraction of sp³-hybridized carbons (Fsp3) is 0.964. The van der Waals surface area contributed by atoms with Crippen molar-refractivity contribution in [3.05, 3.63) is 0 Å². The van der Waals surface area contributed by atoms with Crippen molar-refractivity contribution in [1.29, 1.82) is 0 Å². The molecule has 0 fully saturated rings. The highest BCUT2D eigenvalue weighted by atomic mass is 17.1. The standard InChI is InChI=1S/C28H56O3/c1-2-3-4-5-6-7-8-9-10-11-12-13-14-15-16-17-18-19-20-21-22-23-24-25-26-27-28(29)31-30/h30H,2-27H2,1H3. The molecule has 3 heteroatoms. The second-order valence-corrected chi connectivity index (χ2v) is 9.70. The van der Waals surface area contributed by atoms with Crippen LogP contribution in [0.5, 0.6) is 0 Å². The van der Waals surface area contributed by atoms with Gasteiger partial charge in [-0.1, -0.05) is 161 Å². The number of rotatable bonds is 26. The van der Waals surface area contributed by atoms with Gasteiger partial charge in [0.05, 0.1) is 0 Å². The predicted molar refractivity (Wildman–Crippen MR) is 134 cm³/mol. The molecule has 0 bridgehead atoms. The van der Waals surface area contributed by atoms with E-state index in [-0.39, 0.29) is 0 Å². The number of hydrogen-bond acceptors (Lipinski definition) is 3. The third-order valence-corrected chi connectivity index (χ3v) is 6.59. The molecule has 0 amide bonds.